The Morgan fingerprint density at radius 2 is 2.37 bits per heavy atom. The molecule has 2 aliphatic rings. The zero-order chi connectivity index (χ0) is 13.0. The molecule has 2 aromatic rings. The van der Waals surface area contributed by atoms with Crippen molar-refractivity contribution >= 4 is 22.4 Å². The Bertz CT molecular complexity index is 671. The maximum absolute atomic E-state index is 11.1. The Kier molecular flexibility index (Phi) is 2.20. The number of carbonyl (C=O) groups is 1. The summed E-state index contributed by atoms with van der Waals surface area (Å²) in [6, 6.07) is 0. The van der Waals surface area contributed by atoms with Crippen molar-refractivity contribution in [3.63, 3.8) is 0 Å². The zero-order valence-electron chi connectivity index (χ0n) is 10.3. The molecule has 3 heterocycles. The van der Waals surface area contributed by atoms with Crippen molar-refractivity contribution in [1.82, 2.24) is 15.2 Å². The predicted octanol–water partition coefficient (Wildman–Crippen LogP) is 2.26. The molecule has 0 atom stereocenters. The standard InChI is InChI=1S/C12H12N4O2S/c1-5(17)13-12-14-7-4-18-10-8(6-2-3-6)15-16-9(10)11(7)19-12/h6H,2-4H2,1H3,(H,15,16)(H,13,14,17). The lowest BCUT2D eigenvalue weighted by atomic mass is 10.2. The maximum atomic E-state index is 11.1. The summed E-state index contributed by atoms with van der Waals surface area (Å²) in [6.45, 7) is 1.92. The molecule has 6 nitrogen and oxygen atoms in total. The number of nitrogens with zero attached hydrogens (tertiary/aromatic N) is 2. The molecule has 1 fully saturated rings. The number of H-pyrrole nitrogens is 1. The molecule has 1 saturated carbocycles. The molecule has 0 radical (unpaired) electrons. The number of fused-ring (bicyclic) bond motifs is 3. The van der Waals surface area contributed by atoms with E-state index in [-0.39, 0.29) is 5.91 Å². The topological polar surface area (TPSA) is 79.9 Å². The van der Waals surface area contributed by atoms with E-state index in [1.165, 1.54) is 31.1 Å². The molecular weight excluding hydrogens is 264 g/mol. The lowest BCUT2D eigenvalue weighted by Gasteiger charge is -2.12. The molecule has 0 spiro atoms. The van der Waals surface area contributed by atoms with Crippen LogP contribution < -0.4 is 10.1 Å². The number of hydrogen-bond donors (Lipinski definition) is 2. The molecule has 4 rings (SSSR count). The van der Waals surface area contributed by atoms with Crippen molar-refractivity contribution in [2.45, 2.75) is 32.3 Å². The first-order valence-corrected chi connectivity index (χ1v) is 7.02. The smallest absolute Gasteiger partial charge is 0.223 e. The fourth-order valence-electron chi connectivity index (χ4n) is 2.27. The van der Waals surface area contributed by atoms with Gasteiger partial charge in [0.2, 0.25) is 5.91 Å². The third-order valence-electron chi connectivity index (χ3n) is 3.28. The largest absolute Gasteiger partial charge is 0.483 e. The third-order valence-corrected chi connectivity index (χ3v) is 4.30. The Labute approximate surface area is 113 Å². The van der Waals surface area contributed by atoms with Gasteiger partial charge < -0.3 is 10.1 Å². The Morgan fingerprint density at radius 3 is 3.11 bits per heavy atom. The molecule has 2 aromatic heterocycles. The van der Waals surface area contributed by atoms with E-state index in [0.717, 1.165) is 27.7 Å². The van der Waals surface area contributed by atoms with Gasteiger partial charge in [0, 0.05) is 12.8 Å². The van der Waals surface area contributed by atoms with E-state index in [1.807, 2.05) is 0 Å². The van der Waals surface area contributed by atoms with Crippen LogP contribution >= 0.6 is 11.3 Å². The summed E-state index contributed by atoms with van der Waals surface area (Å²) < 4.78 is 5.78. The number of aromatic nitrogens is 3. The second-order valence-electron chi connectivity index (χ2n) is 4.85. The van der Waals surface area contributed by atoms with E-state index in [2.05, 4.69) is 20.5 Å². The number of nitrogens with one attached hydrogen (secondary N) is 2. The minimum atomic E-state index is -0.118. The number of anilines is 1. The van der Waals surface area contributed by atoms with Gasteiger partial charge in [0.1, 0.15) is 18.0 Å². The van der Waals surface area contributed by atoms with Crippen LogP contribution in [0.2, 0.25) is 0 Å². The monoisotopic (exact) mass is 276 g/mol. The van der Waals surface area contributed by atoms with E-state index in [4.69, 9.17) is 4.74 Å². The highest BCUT2D eigenvalue weighted by Gasteiger charge is 2.34. The third kappa shape index (κ3) is 1.73. The highest BCUT2D eigenvalue weighted by molar-refractivity contribution is 7.19. The van der Waals surface area contributed by atoms with Crippen LogP contribution in [0.15, 0.2) is 0 Å². The quantitative estimate of drug-likeness (QED) is 0.881. The van der Waals surface area contributed by atoms with Gasteiger partial charge in [-0.3, -0.25) is 9.89 Å². The van der Waals surface area contributed by atoms with Crippen LogP contribution in [-0.2, 0) is 11.4 Å². The Balaban J connectivity index is 1.76. The second kappa shape index (κ2) is 3.80. The molecule has 1 aliphatic heterocycles. The summed E-state index contributed by atoms with van der Waals surface area (Å²) in [4.78, 5) is 16.4. The molecule has 0 unspecified atom stereocenters. The number of rotatable bonds is 2. The van der Waals surface area contributed by atoms with Gasteiger partial charge in [-0.05, 0) is 12.8 Å². The average molecular weight is 276 g/mol. The van der Waals surface area contributed by atoms with Crippen LogP contribution in [0.3, 0.4) is 0 Å². The van der Waals surface area contributed by atoms with Crippen molar-refractivity contribution in [1.29, 1.82) is 0 Å². The number of thiazole rings is 1. The summed E-state index contributed by atoms with van der Waals surface area (Å²) >= 11 is 1.45. The molecule has 2 N–H and O–H groups in total. The fraction of sp³-hybridized carbons (Fsp3) is 0.417. The van der Waals surface area contributed by atoms with Crippen LogP contribution in [0, 0.1) is 0 Å². The first-order chi connectivity index (χ1) is 9.22. The molecule has 19 heavy (non-hydrogen) atoms. The molecular formula is C12H12N4O2S. The second-order valence-corrected chi connectivity index (χ2v) is 5.85. The van der Waals surface area contributed by atoms with Gasteiger partial charge in [0.15, 0.2) is 10.9 Å². The van der Waals surface area contributed by atoms with Crippen LogP contribution in [0.4, 0.5) is 5.13 Å². The molecule has 0 saturated heterocycles. The number of hydrogen-bond acceptors (Lipinski definition) is 5. The minimum Gasteiger partial charge on any atom is -0.483 e. The van der Waals surface area contributed by atoms with E-state index in [0.29, 0.717) is 17.7 Å². The van der Waals surface area contributed by atoms with Crippen LogP contribution in [0.1, 0.15) is 37.1 Å². The van der Waals surface area contributed by atoms with E-state index < -0.39 is 0 Å². The highest BCUT2D eigenvalue weighted by Crippen LogP contribution is 2.49. The van der Waals surface area contributed by atoms with Gasteiger partial charge in [0.25, 0.3) is 0 Å². The molecule has 7 heteroatoms. The molecule has 1 amide bonds. The van der Waals surface area contributed by atoms with Crippen molar-refractivity contribution in [2.24, 2.45) is 0 Å². The lowest BCUT2D eigenvalue weighted by Crippen LogP contribution is -2.06. The number of carbonyl (C=O) groups excluding carboxylic acids is 1. The summed E-state index contributed by atoms with van der Waals surface area (Å²) in [7, 11) is 0. The molecule has 0 aromatic carbocycles. The lowest BCUT2D eigenvalue weighted by molar-refractivity contribution is -0.114. The minimum absolute atomic E-state index is 0.118. The van der Waals surface area contributed by atoms with Crippen LogP contribution in [0.25, 0.3) is 10.6 Å². The molecule has 0 bridgehead atoms. The van der Waals surface area contributed by atoms with Crippen molar-refractivity contribution in [3.05, 3.63) is 11.4 Å². The van der Waals surface area contributed by atoms with Gasteiger partial charge in [-0.1, -0.05) is 11.3 Å². The first kappa shape index (κ1) is 11.0. The number of aromatic amines is 1. The zero-order valence-corrected chi connectivity index (χ0v) is 11.1. The summed E-state index contributed by atoms with van der Waals surface area (Å²) in [5.41, 5.74) is 2.78. The van der Waals surface area contributed by atoms with Crippen LogP contribution in [0.5, 0.6) is 5.75 Å². The fourth-order valence-corrected chi connectivity index (χ4v) is 3.27. The van der Waals surface area contributed by atoms with Gasteiger partial charge in [-0.25, -0.2) is 4.98 Å². The van der Waals surface area contributed by atoms with E-state index in [1.54, 1.807) is 0 Å². The Morgan fingerprint density at radius 1 is 1.53 bits per heavy atom. The Hall–Kier alpha value is -1.89. The van der Waals surface area contributed by atoms with Crippen molar-refractivity contribution < 1.29 is 9.53 Å². The van der Waals surface area contributed by atoms with E-state index >= 15 is 0 Å². The van der Waals surface area contributed by atoms with E-state index in [9.17, 15) is 4.79 Å². The molecule has 1 aliphatic carbocycles. The summed E-state index contributed by atoms with van der Waals surface area (Å²) in [6.07, 6.45) is 2.40. The van der Waals surface area contributed by atoms with Crippen molar-refractivity contribution in [3.8, 4) is 16.3 Å². The van der Waals surface area contributed by atoms with Gasteiger partial charge >= 0.3 is 0 Å². The molecule has 98 valence electrons. The summed E-state index contributed by atoms with van der Waals surface area (Å²) in [5, 5.41) is 10.8. The number of ether oxygens (including phenoxy) is 1. The predicted molar refractivity (Wildman–Crippen MR) is 70.3 cm³/mol. The van der Waals surface area contributed by atoms with Crippen molar-refractivity contribution in [2.75, 3.05) is 5.32 Å². The first-order valence-electron chi connectivity index (χ1n) is 6.21. The van der Waals surface area contributed by atoms with Gasteiger partial charge in [0.05, 0.1) is 10.6 Å². The summed E-state index contributed by atoms with van der Waals surface area (Å²) in [5.74, 6) is 1.32. The average Bonchev–Trinajstić information content (AvgIpc) is 2.98. The maximum Gasteiger partial charge on any atom is 0.223 e. The number of amides is 1. The SMILES string of the molecule is CC(=O)Nc1nc2c(s1)-c1n[nH]c(C3CC3)c1OC2. The van der Waals surface area contributed by atoms with Gasteiger partial charge in [-0.15, -0.1) is 0 Å². The highest BCUT2D eigenvalue weighted by atomic mass is 32.1. The van der Waals surface area contributed by atoms with Gasteiger partial charge in [-0.2, -0.15) is 5.10 Å². The van der Waals surface area contributed by atoms with Crippen LogP contribution in [-0.4, -0.2) is 21.1 Å². The normalized spacial score (nSPS) is 16.5.